The Morgan fingerprint density at radius 3 is 2.86 bits per heavy atom. The highest BCUT2D eigenvalue weighted by Crippen LogP contribution is 2.35. The quantitative estimate of drug-likeness (QED) is 0.710. The fourth-order valence-electron chi connectivity index (χ4n) is 3.72. The summed E-state index contributed by atoms with van der Waals surface area (Å²) in [5.41, 5.74) is 2.79. The van der Waals surface area contributed by atoms with E-state index in [1.54, 1.807) is 13.0 Å². The molecular weight excluding hydrogens is 377 g/mol. The molecule has 28 heavy (non-hydrogen) atoms. The number of hydrogen-bond acceptors (Lipinski definition) is 4. The maximum atomic E-state index is 14.6. The van der Waals surface area contributed by atoms with Crippen molar-refractivity contribution >= 4 is 33.2 Å². The number of aromatic amines is 1. The van der Waals surface area contributed by atoms with Gasteiger partial charge in [0.1, 0.15) is 10.6 Å². The number of fused-ring (bicyclic) bond motifs is 1. The van der Waals surface area contributed by atoms with E-state index in [1.165, 1.54) is 22.4 Å². The van der Waals surface area contributed by atoms with E-state index in [0.29, 0.717) is 23.3 Å². The van der Waals surface area contributed by atoms with Crippen molar-refractivity contribution in [3.63, 3.8) is 0 Å². The standard InChI is InChI=1S/C21H20FN3O2S/c1-4-18(26)25-17(14-6-5-11(2)9-15(14)22)10-16(24-25)19-12(3)13-7-8-28-21(13)23-20(19)27/h5-9,17H,4,10H2,1-3H3,(H,23,27). The highest BCUT2D eigenvalue weighted by atomic mass is 32.1. The van der Waals surface area contributed by atoms with E-state index >= 15 is 0 Å². The first-order valence-electron chi connectivity index (χ1n) is 9.16. The van der Waals surface area contributed by atoms with Crippen LogP contribution in [0.2, 0.25) is 0 Å². The molecule has 3 heterocycles. The van der Waals surface area contributed by atoms with Crippen molar-refractivity contribution in [2.45, 2.75) is 39.7 Å². The third-order valence-corrected chi connectivity index (χ3v) is 6.00. The predicted octanol–water partition coefficient (Wildman–Crippen LogP) is 4.43. The lowest BCUT2D eigenvalue weighted by molar-refractivity contribution is -0.132. The first-order valence-corrected chi connectivity index (χ1v) is 10.0. The molecule has 0 aliphatic carbocycles. The van der Waals surface area contributed by atoms with E-state index in [0.717, 1.165) is 21.3 Å². The number of carbonyl (C=O) groups excluding carboxylic acids is 1. The number of halogens is 1. The molecule has 3 aromatic rings. The third-order valence-electron chi connectivity index (χ3n) is 5.17. The summed E-state index contributed by atoms with van der Waals surface area (Å²) in [6.07, 6.45) is 0.547. The van der Waals surface area contributed by atoms with Crippen molar-refractivity contribution < 1.29 is 9.18 Å². The van der Waals surface area contributed by atoms with E-state index in [9.17, 15) is 14.0 Å². The highest BCUT2D eigenvalue weighted by Gasteiger charge is 2.35. The number of benzene rings is 1. The number of pyridine rings is 1. The predicted molar refractivity (Wildman–Crippen MR) is 109 cm³/mol. The van der Waals surface area contributed by atoms with Crippen LogP contribution in [0.1, 0.15) is 48.1 Å². The second-order valence-corrected chi connectivity index (χ2v) is 7.92. The first kappa shape index (κ1) is 18.6. The van der Waals surface area contributed by atoms with Crippen molar-refractivity contribution in [3.05, 3.63) is 68.1 Å². The average Bonchev–Trinajstić information content (AvgIpc) is 3.28. The maximum Gasteiger partial charge on any atom is 0.258 e. The molecule has 4 rings (SSSR count). The minimum atomic E-state index is -0.556. The van der Waals surface area contributed by atoms with Gasteiger partial charge in [-0.1, -0.05) is 19.1 Å². The van der Waals surface area contributed by atoms with E-state index in [2.05, 4.69) is 10.1 Å². The van der Waals surface area contributed by atoms with Crippen molar-refractivity contribution in [1.29, 1.82) is 0 Å². The minimum absolute atomic E-state index is 0.203. The number of hydrogen-bond donors (Lipinski definition) is 1. The van der Waals surface area contributed by atoms with Crippen molar-refractivity contribution in [1.82, 2.24) is 9.99 Å². The monoisotopic (exact) mass is 397 g/mol. The van der Waals surface area contributed by atoms with Crippen LogP contribution in [-0.2, 0) is 4.79 Å². The molecule has 144 valence electrons. The molecule has 0 bridgehead atoms. The van der Waals surface area contributed by atoms with Gasteiger partial charge in [0.2, 0.25) is 5.91 Å². The SMILES string of the molecule is CCC(=O)N1N=C(c2c(C)c3ccsc3[nH]c2=O)CC1c1ccc(C)cc1F. The van der Waals surface area contributed by atoms with E-state index in [-0.39, 0.29) is 23.7 Å². The largest absolute Gasteiger partial charge is 0.313 e. The van der Waals surface area contributed by atoms with Crippen molar-refractivity contribution in [2.24, 2.45) is 5.10 Å². The molecule has 0 fully saturated rings. The summed E-state index contributed by atoms with van der Waals surface area (Å²) in [5.74, 6) is -0.570. The Kier molecular flexibility index (Phi) is 4.63. The molecule has 2 aromatic heterocycles. The lowest BCUT2D eigenvalue weighted by Crippen LogP contribution is -2.26. The Hall–Kier alpha value is -2.80. The lowest BCUT2D eigenvalue weighted by atomic mass is 9.95. The minimum Gasteiger partial charge on any atom is -0.313 e. The summed E-state index contributed by atoms with van der Waals surface area (Å²) in [4.78, 5) is 28.9. The molecule has 5 nitrogen and oxygen atoms in total. The molecule has 0 saturated carbocycles. The highest BCUT2D eigenvalue weighted by molar-refractivity contribution is 7.16. The lowest BCUT2D eigenvalue weighted by Gasteiger charge is -2.22. The second kappa shape index (κ2) is 6.98. The number of nitrogens with one attached hydrogen (secondary N) is 1. The van der Waals surface area contributed by atoms with Crippen LogP contribution in [-0.4, -0.2) is 21.6 Å². The summed E-state index contributed by atoms with van der Waals surface area (Å²) in [6, 6.07) is 6.37. The fourth-order valence-corrected chi connectivity index (χ4v) is 4.56. The van der Waals surface area contributed by atoms with E-state index in [4.69, 9.17) is 0 Å². The topological polar surface area (TPSA) is 65.5 Å². The van der Waals surface area contributed by atoms with Gasteiger partial charge in [-0.25, -0.2) is 9.40 Å². The van der Waals surface area contributed by atoms with Gasteiger partial charge in [0.05, 0.1) is 17.3 Å². The number of rotatable bonds is 3. The first-order chi connectivity index (χ1) is 13.4. The Bertz CT molecular complexity index is 1180. The average molecular weight is 397 g/mol. The molecule has 1 unspecified atom stereocenters. The van der Waals surface area contributed by atoms with Crippen LogP contribution >= 0.6 is 11.3 Å². The molecule has 7 heteroatoms. The maximum absolute atomic E-state index is 14.6. The van der Waals surface area contributed by atoms with Gasteiger partial charge in [0.15, 0.2) is 0 Å². The number of aromatic nitrogens is 1. The number of amides is 1. The van der Waals surface area contributed by atoms with Gasteiger partial charge in [0, 0.05) is 23.8 Å². The molecule has 0 radical (unpaired) electrons. The molecule has 0 spiro atoms. The third kappa shape index (κ3) is 2.96. The molecule has 1 aliphatic rings. The normalized spacial score (nSPS) is 16.6. The summed E-state index contributed by atoms with van der Waals surface area (Å²) >= 11 is 1.47. The number of carbonyl (C=O) groups is 1. The van der Waals surface area contributed by atoms with Gasteiger partial charge in [-0.05, 0) is 42.5 Å². The molecule has 1 aliphatic heterocycles. The molecule has 1 amide bonds. The van der Waals surface area contributed by atoms with Gasteiger partial charge in [0.25, 0.3) is 5.56 Å². The molecule has 1 atom stereocenters. The number of aryl methyl sites for hydroxylation is 2. The second-order valence-electron chi connectivity index (χ2n) is 7.00. The molecular formula is C21H20FN3O2S. The zero-order valence-electron chi connectivity index (χ0n) is 15.9. The van der Waals surface area contributed by atoms with Crippen LogP contribution in [0.4, 0.5) is 4.39 Å². The number of hydrazone groups is 1. The molecule has 0 saturated heterocycles. The Morgan fingerprint density at radius 1 is 1.36 bits per heavy atom. The smallest absolute Gasteiger partial charge is 0.258 e. The van der Waals surface area contributed by atoms with Gasteiger partial charge < -0.3 is 4.98 Å². The van der Waals surface area contributed by atoms with Gasteiger partial charge >= 0.3 is 0 Å². The van der Waals surface area contributed by atoms with Crippen LogP contribution in [0.25, 0.3) is 10.2 Å². The number of nitrogens with zero attached hydrogens (tertiary/aromatic N) is 2. The van der Waals surface area contributed by atoms with Crippen molar-refractivity contribution in [3.8, 4) is 0 Å². The summed E-state index contributed by atoms with van der Waals surface area (Å²) in [7, 11) is 0. The zero-order valence-corrected chi connectivity index (χ0v) is 16.7. The molecule has 1 N–H and O–H groups in total. The Balaban J connectivity index is 1.83. The Labute approximate surface area is 165 Å². The van der Waals surface area contributed by atoms with Crippen LogP contribution in [0.3, 0.4) is 0 Å². The van der Waals surface area contributed by atoms with Crippen LogP contribution in [0.5, 0.6) is 0 Å². The Morgan fingerprint density at radius 2 is 2.14 bits per heavy atom. The van der Waals surface area contributed by atoms with Crippen LogP contribution in [0.15, 0.2) is 39.5 Å². The summed E-state index contributed by atoms with van der Waals surface area (Å²) < 4.78 is 14.6. The van der Waals surface area contributed by atoms with Gasteiger partial charge in [-0.3, -0.25) is 9.59 Å². The van der Waals surface area contributed by atoms with Gasteiger partial charge in [-0.2, -0.15) is 5.10 Å². The summed E-state index contributed by atoms with van der Waals surface area (Å²) in [6.45, 7) is 5.44. The number of H-pyrrole nitrogens is 1. The summed E-state index contributed by atoms with van der Waals surface area (Å²) in [5, 5.41) is 8.69. The van der Waals surface area contributed by atoms with Gasteiger partial charge in [-0.15, -0.1) is 11.3 Å². The van der Waals surface area contributed by atoms with Crippen LogP contribution < -0.4 is 5.56 Å². The fraction of sp³-hybridized carbons (Fsp3) is 0.286. The molecule has 1 aromatic carbocycles. The van der Waals surface area contributed by atoms with E-state index < -0.39 is 6.04 Å². The van der Waals surface area contributed by atoms with E-state index in [1.807, 2.05) is 31.4 Å². The van der Waals surface area contributed by atoms with Crippen LogP contribution in [0, 0.1) is 19.7 Å². The zero-order chi connectivity index (χ0) is 20.0. The van der Waals surface area contributed by atoms with Crippen molar-refractivity contribution in [2.75, 3.05) is 0 Å². The number of thiophene rings is 1.